The van der Waals surface area contributed by atoms with Crippen molar-refractivity contribution in [2.45, 2.75) is 119 Å². The first-order valence-electron chi connectivity index (χ1n) is 30.8. The largest absolute Gasteiger partial charge is 0.325 e. The molecule has 0 aromatic heterocycles. The van der Waals surface area contributed by atoms with Gasteiger partial charge in [0.25, 0.3) is 0 Å². The van der Waals surface area contributed by atoms with Crippen molar-refractivity contribution in [2.24, 2.45) is 69.9 Å². The summed E-state index contributed by atoms with van der Waals surface area (Å²) in [5, 5.41) is 18.0. The Labute approximate surface area is 529 Å². The maximum absolute atomic E-state index is 13.5. The molecule has 0 radical (unpaired) electrons. The molecule has 0 saturated carbocycles. The van der Waals surface area contributed by atoms with E-state index < -0.39 is 36.3 Å². The van der Waals surface area contributed by atoms with Gasteiger partial charge in [-0.1, -0.05) is 156 Å². The van der Waals surface area contributed by atoms with Crippen LogP contribution in [0.2, 0.25) is 0 Å². The summed E-state index contributed by atoms with van der Waals surface area (Å²) in [6.07, 6.45) is 0. The summed E-state index contributed by atoms with van der Waals surface area (Å²) in [7, 11) is 0. The minimum atomic E-state index is -0.774. The Balaban J connectivity index is 1.69. The number of carbonyl (C=O) groups excluding carboxylic acids is 6. The number of benzene rings is 7. The predicted molar refractivity (Wildman–Crippen MR) is 368 cm³/mol. The Bertz CT molecular complexity index is 3020. The van der Waals surface area contributed by atoms with Crippen LogP contribution in [0.25, 0.3) is 66.8 Å². The fourth-order valence-corrected chi connectivity index (χ4v) is 9.97. The zero-order chi connectivity index (χ0) is 66.0. The molecule has 0 fully saturated rings. The van der Waals surface area contributed by atoms with Crippen LogP contribution in [0, 0.1) is 35.5 Å². The highest BCUT2D eigenvalue weighted by molar-refractivity contribution is 6.16. The lowest BCUT2D eigenvalue weighted by molar-refractivity contribution is -0.119. The average molecular weight is 1220 g/mol. The molecule has 6 amide bonds. The lowest BCUT2D eigenvalue weighted by Crippen LogP contribution is -2.39. The Morgan fingerprint density at radius 3 is 0.400 bits per heavy atom. The van der Waals surface area contributed by atoms with Crippen LogP contribution in [0.5, 0.6) is 0 Å². The molecule has 0 aliphatic heterocycles. The molecule has 0 spiro atoms. The van der Waals surface area contributed by atoms with Gasteiger partial charge in [0.1, 0.15) is 0 Å². The molecular formula is C72H90N12O6. The molecule has 474 valence electrons. The molecule has 0 aliphatic carbocycles. The van der Waals surface area contributed by atoms with Crippen molar-refractivity contribution < 1.29 is 28.8 Å². The third-order valence-corrected chi connectivity index (χ3v) is 16.3. The first kappa shape index (κ1) is 68.6. The molecule has 0 aliphatic rings. The second-order valence-electron chi connectivity index (χ2n) is 25.3. The van der Waals surface area contributed by atoms with Crippen molar-refractivity contribution in [2.75, 3.05) is 31.9 Å². The van der Waals surface area contributed by atoms with Gasteiger partial charge in [0, 0.05) is 34.1 Å². The van der Waals surface area contributed by atoms with Crippen molar-refractivity contribution in [1.82, 2.24) is 0 Å². The quantitative estimate of drug-likeness (QED) is 0.0269. The van der Waals surface area contributed by atoms with Crippen molar-refractivity contribution in [3.63, 3.8) is 0 Å². The molecule has 7 rings (SSSR count). The number of hydrogen-bond donors (Lipinski definition) is 12. The van der Waals surface area contributed by atoms with E-state index in [0.717, 1.165) is 0 Å². The zero-order valence-electron chi connectivity index (χ0n) is 53.7. The summed E-state index contributed by atoms with van der Waals surface area (Å²) in [5.74, 6) is -2.87. The molecular weight excluding hydrogens is 1130 g/mol. The molecule has 6 atom stereocenters. The molecule has 0 unspecified atom stereocenters. The van der Waals surface area contributed by atoms with Gasteiger partial charge in [-0.3, -0.25) is 28.8 Å². The lowest BCUT2D eigenvalue weighted by atomic mass is 9.74. The number of hydrogen-bond acceptors (Lipinski definition) is 12. The highest BCUT2D eigenvalue weighted by Gasteiger charge is 2.31. The highest BCUT2D eigenvalue weighted by Crippen LogP contribution is 2.56. The van der Waals surface area contributed by atoms with Crippen LogP contribution in [-0.2, 0) is 28.8 Å². The highest BCUT2D eigenvalue weighted by atomic mass is 16.2. The number of anilines is 6. The standard InChI is InChI=1S/C72H90N12O6/c1-37(2)61(73)67(85)79-49-25-13-43(14-26-49)55-56(44-15-27-50(28-16-44)80-68(86)62(74)38(3)4)58(46-19-31-52(32-20-46)82-70(88)64(76)40(7)8)60(48-23-35-54(36-24-48)84-72(90)66(78)42(11)12)59(47-21-33-53(34-22-47)83-71(89)65(77)41(9)10)57(55)45-17-29-51(30-18-45)81-69(87)63(75)39(5)6/h13-42,61-66H,73-78H2,1-12H3,(H,79,85)(H,80,86)(H,81,87)(H,82,88)(H,83,89)(H,84,90)/t61-,62-,63-,64-,65-,66-/m0/s1. The molecule has 18 nitrogen and oxygen atoms in total. The van der Waals surface area contributed by atoms with E-state index >= 15 is 0 Å². The smallest absolute Gasteiger partial charge is 0.241 e. The minimum absolute atomic E-state index is 0.132. The Morgan fingerprint density at radius 1 is 0.211 bits per heavy atom. The molecule has 0 bridgehead atoms. The number of amides is 6. The van der Waals surface area contributed by atoms with E-state index in [0.29, 0.717) is 101 Å². The van der Waals surface area contributed by atoms with E-state index in [2.05, 4.69) is 31.9 Å². The number of nitrogens with two attached hydrogens (primary N) is 6. The Hall–Kier alpha value is -8.88. The van der Waals surface area contributed by atoms with E-state index in [1.807, 2.05) is 229 Å². The maximum Gasteiger partial charge on any atom is 0.241 e. The second-order valence-corrected chi connectivity index (χ2v) is 25.3. The van der Waals surface area contributed by atoms with E-state index in [-0.39, 0.29) is 71.0 Å². The minimum Gasteiger partial charge on any atom is -0.325 e. The monoisotopic (exact) mass is 1220 g/mol. The summed E-state index contributed by atoms with van der Waals surface area (Å²) in [5.41, 5.74) is 49.7. The normalized spacial score (nSPS) is 13.6. The topological polar surface area (TPSA) is 331 Å². The van der Waals surface area contributed by atoms with Crippen molar-refractivity contribution in [3.8, 4) is 66.8 Å². The first-order chi connectivity index (χ1) is 42.6. The lowest BCUT2D eigenvalue weighted by Gasteiger charge is -2.29. The molecule has 7 aromatic carbocycles. The molecule has 7 aromatic rings. The van der Waals surface area contributed by atoms with Crippen LogP contribution in [0.15, 0.2) is 146 Å². The van der Waals surface area contributed by atoms with Crippen molar-refractivity contribution >= 4 is 69.6 Å². The maximum atomic E-state index is 13.5. The summed E-state index contributed by atoms with van der Waals surface area (Å²) < 4.78 is 0. The second kappa shape index (κ2) is 30.1. The Morgan fingerprint density at radius 2 is 0.311 bits per heavy atom. The molecule has 0 saturated heterocycles. The van der Waals surface area contributed by atoms with Crippen molar-refractivity contribution in [1.29, 1.82) is 0 Å². The predicted octanol–water partition coefficient (Wildman–Crippen LogP) is 11.2. The average Bonchev–Trinajstić information content (AvgIpc) is 0.765. The van der Waals surface area contributed by atoms with Gasteiger partial charge in [-0.2, -0.15) is 0 Å². The molecule has 18 N–H and O–H groups in total. The fourth-order valence-electron chi connectivity index (χ4n) is 9.97. The van der Waals surface area contributed by atoms with E-state index in [1.54, 1.807) is 0 Å². The van der Waals surface area contributed by atoms with Gasteiger partial charge in [0.15, 0.2) is 0 Å². The van der Waals surface area contributed by atoms with Crippen molar-refractivity contribution in [3.05, 3.63) is 146 Å². The van der Waals surface area contributed by atoms with Crippen LogP contribution in [-0.4, -0.2) is 71.7 Å². The first-order valence-corrected chi connectivity index (χ1v) is 30.8. The summed E-state index contributed by atoms with van der Waals surface area (Å²) >= 11 is 0. The number of rotatable bonds is 24. The third kappa shape index (κ3) is 16.5. The van der Waals surface area contributed by atoms with Crippen LogP contribution >= 0.6 is 0 Å². The van der Waals surface area contributed by atoms with Gasteiger partial charge in [-0.25, -0.2) is 0 Å². The van der Waals surface area contributed by atoms with E-state index in [9.17, 15) is 28.8 Å². The summed E-state index contributed by atoms with van der Waals surface area (Å²) in [6.45, 7) is 22.6. The van der Waals surface area contributed by atoms with Gasteiger partial charge in [0.2, 0.25) is 35.4 Å². The number of nitrogens with one attached hydrogen (secondary N) is 6. The summed E-state index contributed by atoms with van der Waals surface area (Å²) in [6, 6.07) is 40.4. The molecule has 18 heteroatoms. The Kier molecular flexibility index (Phi) is 22.9. The van der Waals surface area contributed by atoms with E-state index in [4.69, 9.17) is 34.4 Å². The van der Waals surface area contributed by atoms with Gasteiger partial charge in [-0.15, -0.1) is 0 Å². The van der Waals surface area contributed by atoms with Gasteiger partial charge in [-0.05, 0) is 175 Å². The van der Waals surface area contributed by atoms with Gasteiger partial charge < -0.3 is 66.3 Å². The number of carbonyl (C=O) groups is 6. The SMILES string of the molecule is CC(C)[C@H](N)C(=O)Nc1ccc(-c2c(-c3ccc(NC(=O)[C@@H](N)C(C)C)cc3)c(-c3ccc(NC(=O)[C@@H](N)C(C)C)cc3)c(-c3ccc(NC(=O)[C@@H](N)C(C)C)cc3)c(-c3ccc(NC(=O)[C@@H](N)C(C)C)cc3)c2-c2ccc(NC(=O)[C@@H](N)C(C)C)cc2)cc1. The van der Waals surface area contributed by atoms with Crippen LogP contribution in [0.3, 0.4) is 0 Å². The van der Waals surface area contributed by atoms with Crippen LogP contribution < -0.4 is 66.3 Å². The fraction of sp³-hybridized carbons (Fsp3) is 0.333. The van der Waals surface area contributed by atoms with Gasteiger partial charge >= 0.3 is 0 Å². The summed E-state index contributed by atoms with van der Waals surface area (Å²) in [4.78, 5) is 81.2. The van der Waals surface area contributed by atoms with Crippen LogP contribution in [0.4, 0.5) is 34.1 Å². The molecule has 0 heterocycles. The van der Waals surface area contributed by atoms with E-state index in [1.165, 1.54) is 0 Å². The third-order valence-electron chi connectivity index (χ3n) is 16.3. The van der Waals surface area contributed by atoms with Crippen LogP contribution in [0.1, 0.15) is 83.1 Å². The molecule has 90 heavy (non-hydrogen) atoms. The van der Waals surface area contributed by atoms with Gasteiger partial charge in [0.05, 0.1) is 36.3 Å². The zero-order valence-corrected chi connectivity index (χ0v) is 53.7.